The summed E-state index contributed by atoms with van der Waals surface area (Å²) >= 11 is 13.4. The Morgan fingerprint density at radius 2 is 1.85 bits per heavy atom. The number of aryl methyl sites for hydroxylation is 1. The van der Waals surface area contributed by atoms with E-state index in [1.807, 2.05) is 6.92 Å². The van der Waals surface area contributed by atoms with Crippen LogP contribution in [0.5, 0.6) is 0 Å². The Kier molecular flexibility index (Phi) is 6.78. The maximum atomic E-state index is 12.5. The molecule has 0 atom stereocenters. The van der Waals surface area contributed by atoms with Crippen LogP contribution in [-0.2, 0) is 10.0 Å². The molecule has 0 aliphatic rings. The average molecular weight is 429 g/mol. The van der Waals surface area contributed by atoms with Gasteiger partial charge in [-0.1, -0.05) is 52.7 Å². The van der Waals surface area contributed by atoms with Crippen LogP contribution in [0.25, 0.3) is 0 Å². The number of anilines is 1. The Bertz CT molecular complexity index is 985. The molecule has 0 unspecified atom stereocenters. The summed E-state index contributed by atoms with van der Waals surface area (Å²) in [6.45, 7) is 1.86. The highest BCUT2D eigenvalue weighted by Gasteiger charge is 2.17. The molecule has 6 nitrogen and oxygen atoms in total. The highest BCUT2D eigenvalue weighted by Crippen LogP contribution is 2.36. The normalized spacial score (nSPS) is 11.7. The van der Waals surface area contributed by atoms with Gasteiger partial charge in [-0.25, -0.2) is 13.4 Å². The van der Waals surface area contributed by atoms with Crippen LogP contribution in [0.15, 0.2) is 46.3 Å². The van der Waals surface area contributed by atoms with Gasteiger partial charge in [-0.3, -0.25) is 10.0 Å². The summed E-state index contributed by atoms with van der Waals surface area (Å²) in [7, 11) is -3.83. The SMILES string of the molecule is CSC(=Nc1cc(NS(=O)(=O)c2ccc(C)cc2)c(Cl)cc1Cl)NC#N. The van der Waals surface area contributed by atoms with Gasteiger partial charge < -0.3 is 0 Å². The monoisotopic (exact) mass is 428 g/mol. The Hall–Kier alpha value is -1.92. The first-order valence-corrected chi connectivity index (χ1v) is 10.6. The first-order chi connectivity index (χ1) is 12.3. The van der Waals surface area contributed by atoms with Gasteiger partial charge in [0.15, 0.2) is 11.4 Å². The smallest absolute Gasteiger partial charge is 0.261 e. The summed E-state index contributed by atoms with van der Waals surface area (Å²) in [5, 5.41) is 11.8. The summed E-state index contributed by atoms with van der Waals surface area (Å²) in [5.41, 5.74) is 1.34. The average Bonchev–Trinajstić information content (AvgIpc) is 2.58. The minimum absolute atomic E-state index is 0.107. The van der Waals surface area contributed by atoms with Crippen molar-refractivity contribution in [2.75, 3.05) is 11.0 Å². The van der Waals surface area contributed by atoms with E-state index < -0.39 is 10.0 Å². The number of halogens is 2. The zero-order chi connectivity index (χ0) is 19.3. The lowest BCUT2D eigenvalue weighted by Crippen LogP contribution is -2.14. The summed E-state index contributed by atoms with van der Waals surface area (Å²) in [6, 6.07) is 9.20. The quantitative estimate of drug-likeness (QED) is 0.323. The number of nitriles is 1. The molecule has 2 rings (SSSR count). The van der Waals surface area contributed by atoms with E-state index in [9.17, 15) is 8.42 Å². The van der Waals surface area contributed by atoms with Crippen LogP contribution in [0.4, 0.5) is 11.4 Å². The summed E-state index contributed by atoms with van der Waals surface area (Å²) in [5.74, 6) is 0. The fourth-order valence-electron chi connectivity index (χ4n) is 1.90. The van der Waals surface area contributed by atoms with Crippen molar-refractivity contribution in [1.29, 1.82) is 5.26 Å². The first kappa shape index (κ1) is 20.4. The molecule has 0 radical (unpaired) electrons. The maximum absolute atomic E-state index is 12.5. The van der Waals surface area contributed by atoms with Gasteiger partial charge in [0, 0.05) is 0 Å². The Labute approximate surface area is 166 Å². The third-order valence-corrected chi connectivity index (χ3v) is 5.77. The molecule has 0 saturated heterocycles. The van der Waals surface area contributed by atoms with Gasteiger partial charge in [0.25, 0.3) is 10.0 Å². The molecule has 0 amide bonds. The van der Waals surface area contributed by atoms with Crippen LogP contribution in [0.2, 0.25) is 10.0 Å². The molecule has 26 heavy (non-hydrogen) atoms. The number of nitrogens with zero attached hydrogens (tertiary/aromatic N) is 2. The molecule has 0 spiro atoms. The van der Waals surface area contributed by atoms with Crippen LogP contribution >= 0.6 is 35.0 Å². The van der Waals surface area contributed by atoms with Gasteiger partial charge in [0.2, 0.25) is 0 Å². The van der Waals surface area contributed by atoms with E-state index in [2.05, 4.69) is 15.0 Å². The third kappa shape index (κ3) is 5.05. The molecule has 0 fully saturated rings. The van der Waals surface area contributed by atoms with E-state index in [4.69, 9.17) is 28.5 Å². The second-order valence-corrected chi connectivity index (χ2v) is 8.35. The number of thioether (sulfide) groups is 1. The fraction of sp³-hybridized carbons (Fsp3) is 0.125. The molecule has 2 aromatic rings. The van der Waals surface area contributed by atoms with E-state index in [1.54, 1.807) is 24.6 Å². The van der Waals surface area contributed by atoms with Crippen LogP contribution in [0, 0.1) is 18.4 Å². The van der Waals surface area contributed by atoms with Crippen molar-refractivity contribution in [2.45, 2.75) is 11.8 Å². The number of benzene rings is 2. The van der Waals surface area contributed by atoms with Gasteiger partial charge in [-0.05, 0) is 37.4 Å². The standard InChI is InChI=1S/C16H14Cl2N4O2S2/c1-10-3-5-11(6-4-10)26(23,24)22-15-8-14(12(17)7-13(15)18)21-16(25-2)20-9-19/h3-8,22H,1-2H3,(H,20,21). The molecular weight excluding hydrogens is 415 g/mol. The molecule has 0 heterocycles. The minimum atomic E-state index is -3.83. The van der Waals surface area contributed by atoms with E-state index in [1.165, 1.54) is 36.0 Å². The number of sulfonamides is 1. The number of rotatable bonds is 4. The molecule has 136 valence electrons. The third-order valence-electron chi connectivity index (χ3n) is 3.19. The fourth-order valence-corrected chi connectivity index (χ4v) is 3.84. The summed E-state index contributed by atoms with van der Waals surface area (Å²) in [4.78, 5) is 4.31. The van der Waals surface area contributed by atoms with Crippen molar-refractivity contribution in [2.24, 2.45) is 4.99 Å². The zero-order valence-electron chi connectivity index (χ0n) is 13.7. The second kappa shape index (κ2) is 8.64. The highest BCUT2D eigenvalue weighted by atomic mass is 35.5. The maximum Gasteiger partial charge on any atom is 0.261 e. The number of hydrogen-bond donors (Lipinski definition) is 2. The van der Waals surface area contributed by atoms with Crippen LogP contribution in [0.3, 0.4) is 0 Å². The van der Waals surface area contributed by atoms with Crippen molar-refractivity contribution in [3.8, 4) is 6.19 Å². The van der Waals surface area contributed by atoms with Crippen molar-refractivity contribution >= 4 is 61.5 Å². The Balaban J connectivity index is 2.42. The minimum Gasteiger partial charge on any atom is -0.278 e. The van der Waals surface area contributed by atoms with Crippen LogP contribution in [0.1, 0.15) is 5.56 Å². The van der Waals surface area contributed by atoms with Crippen molar-refractivity contribution < 1.29 is 8.42 Å². The van der Waals surface area contributed by atoms with Crippen molar-refractivity contribution in [3.05, 3.63) is 52.0 Å². The number of nitrogens with one attached hydrogen (secondary N) is 2. The number of aliphatic imine (C=N–C) groups is 1. The lowest BCUT2D eigenvalue weighted by molar-refractivity contribution is 0.601. The van der Waals surface area contributed by atoms with Gasteiger partial charge >= 0.3 is 0 Å². The molecule has 2 N–H and O–H groups in total. The molecular formula is C16H14Cl2N4O2S2. The topological polar surface area (TPSA) is 94.3 Å². The first-order valence-electron chi connectivity index (χ1n) is 7.13. The van der Waals surface area contributed by atoms with Crippen molar-refractivity contribution in [3.63, 3.8) is 0 Å². The molecule has 0 aliphatic heterocycles. The van der Waals surface area contributed by atoms with Crippen LogP contribution in [-0.4, -0.2) is 19.8 Å². The van der Waals surface area contributed by atoms with Gasteiger partial charge in [0.1, 0.15) is 0 Å². The van der Waals surface area contributed by atoms with Gasteiger partial charge in [-0.15, -0.1) is 0 Å². The van der Waals surface area contributed by atoms with Gasteiger partial charge in [-0.2, -0.15) is 5.26 Å². The highest BCUT2D eigenvalue weighted by molar-refractivity contribution is 8.13. The molecule has 0 aliphatic carbocycles. The summed E-state index contributed by atoms with van der Waals surface area (Å²) in [6.07, 6.45) is 3.50. The molecule has 0 saturated carbocycles. The number of hydrogen-bond acceptors (Lipinski definition) is 5. The largest absolute Gasteiger partial charge is 0.278 e. The van der Waals surface area contributed by atoms with Crippen molar-refractivity contribution in [1.82, 2.24) is 5.32 Å². The molecule has 0 aromatic heterocycles. The van der Waals surface area contributed by atoms with Gasteiger partial charge in [0.05, 0.1) is 26.3 Å². The predicted octanol–water partition coefficient (Wildman–Crippen LogP) is 4.52. The van der Waals surface area contributed by atoms with Crippen LogP contribution < -0.4 is 10.0 Å². The summed E-state index contributed by atoms with van der Waals surface area (Å²) < 4.78 is 27.5. The predicted molar refractivity (Wildman–Crippen MR) is 108 cm³/mol. The second-order valence-electron chi connectivity index (χ2n) is 5.06. The Morgan fingerprint density at radius 1 is 1.19 bits per heavy atom. The Morgan fingerprint density at radius 3 is 2.42 bits per heavy atom. The molecule has 10 heteroatoms. The molecule has 0 bridgehead atoms. The van der Waals surface area contributed by atoms with E-state index in [0.717, 1.165) is 5.56 Å². The van der Waals surface area contributed by atoms with E-state index in [0.29, 0.717) is 5.17 Å². The van der Waals surface area contributed by atoms with E-state index in [-0.39, 0.29) is 26.3 Å². The zero-order valence-corrected chi connectivity index (χ0v) is 16.9. The van der Waals surface area contributed by atoms with E-state index >= 15 is 0 Å². The molecule has 2 aromatic carbocycles. The number of amidine groups is 1. The lowest BCUT2D eigenvalue weighted by Gasteiger charge is -2.12. The lowest BCUT2D eigenvalue weighted by atomic mass is 10.2.